The van der Waals surface area contributed by atoms with Crippen LogP contribution in [0.25, 0.3) is 0 Å². The molecule has 0 aromatic carbocycles. The van der Waals surface area contributed by atoms with Crippen LogP contribution in [0.2, 0.25) is 0 Å². The summed E-state index contributed by atoms with van der Waals surface area (Å²) in [6.07, 6.45) is 5.27. The van der Waals surface area contributed by atoms with Gasteiger partial charge in [0.05, 0.1) is 12.5 Å². The highest BCUT2D eigenvalue weighted by atomic mass is 16.6. The Morgan fingerprint density at radius 2 is 2.23 bits per heavy atom. The molecule has 1 aromatic heterocycles. The standard InChI is InChI=1S/C17H28N2O3/c1-12(14-8-10-21-11-14)18-15-7-6-9-19(13(15)2)16(20)22-17(3,4)5/h8,10-13,15,18H,6-7,9H2,1-5H3. The van der Waals surface area contributed by atoms with Crippen molar-refractivity contribution in [3.05, 3.63) is 24.2 Å². The van der Waals surface area contributed by atoms with Crippen LogP contribution in [0, 0.1) is 0 Å². The van der Waals surface area contributed by atoms with E-state index in [4.69, 9.17) is 9.15 Å². The smallest absolute Gasteiger partial charge is 0.410 e. The number of furan rings is 1. The Labute approximate surface area is 133 Å². The van der Waals surface area contributed by atoms with Gasteiger partial charge < -0.3 is 19.4 Å². The van der Waals surface area contributed by atoms with Gasteiger partial charge in [0.25, 0.3) is 0 Å². The van der Waals surface area contributed by atoms with Crippen LogP contribution in [0.1, 0.15) is 59.1 Å². The summed E-state index contributed by atoms with van der Waals surface area (Å²) < 4.78 is 10.7. The number of ether oxygens (including phenoxy) is 1. The number of rotatable bonds is 3. The molecule has 1 amide bonds. The number of carbonyl (C=O) groups excluding carboxylic acids is 1. The first kappa shape index (κ1) is 16.9. The van der Waals surface area contributed by atoms with Gasteiger partial charge in [-0.3, -0.25) is 0 Å². The summed E-state index contributed by atoms with van der Waals surface area (Å²) in [4.78, 5) is 14.2. The molecule has 22 heavy (non-hydrogen) atoms. The molecular weight excluding hydrogens is 280 g/mol. The molecule has 1 aromatic rings. The van der Waals surface area contributed by atoms with Crippen LogP contribution < -0.4 is 5.32 Å². The maximum Gasteiger partial charge on any atom is 0.410 e. The number of amides is 1. The fourth-order valence-electron chi connectivity index (χ4n) is 2.88. The van der Waals surface area contributed by atoms with Crippen molar-refractivity contribution in [3.63, 3.8) is 0 Å². The van der Waals surface area contributed by atoms with E-state index in [0.29, 0.717) is 0 Å². The third-order valence-corrected chi connectivity index (χ3v) is 4.12. The first-order valence-corrected chi connectivity index (χ1v) is 8.05. The Morgan fingerprint density at radius 3 is 2.82 bits per heavy atom. The summed E-state index contributed by atoms with van der Waals surface area (Å²) in [5, 5.41) is 3.61. The predicted molar refractivity (Wildman–Crippen MR) is 85.7 cm³/mol. The maximum absolute atomic E-state index is 12.3. The zero-order chi connectivity index (χ0) is 16.3. The fraction of sp³-hybridized carbons (Fsp3) is 0.706. The minimum Gasteiger partial charge on any atom is -0.472 e. The largest absolute Gasteiger partial charge is 0.472 e. The normalized spacial score (nSPS) is 24.1. The second kappa shape index (κ2) is 6.73. The Morgan fingerprint density at radius 1 is 1.50 bits per heavy atom. The van der Waals surface area contributed by atoms with Gasteiger partial charge in [-0.05, 0) is 53.5 Å². The van der Waals surface area contributed by atoms with E-state index >= 15 is 0 Å². The average molecular weight is 308 g/mol. The maximum atomic E-state index is 12.3. The number of nitrogens with zero attached hydrogens (tertiary/aromatic N) is 1. The van der Waals surface area contributed by atoms with Gasteiger partial charge in [-0.15, -0.1) is 0 Å². The zero-order valence-corrected chi connectivity index (χ0v) is 14.3. The van der Waals surface area contributed by atoms with Gasteiger partial charge >= 0.3 is 6.09 Å². The van der Waals surface area contributed by atoms with Gasteiger partial charge in [-0.2, -0.15) is 0 Å². The summed E-state index contributed by atoms with van der Waals surface area (Å²) in [5.74, 6) is 0. The Hall–Kier alpha value is -1.49. The second-order valence-electron chi connectivity index (χ2n) is 7.11. The molecule has 2 heterocycles. The molecule has 1 fully saturated rings. The lowest BCUT2D eigenvalue weighted by Gasteiger charge is -2.41. The SMILES string of the molecule is CC(NC1CCCN(C(=O)OC(C)(C)C)C1C)c1ccoc1. The highest BCUT2D eigenvalue weighted by Crippen LogP contribution is 2.23. The molecule has 3 unspecified atom stereocenters. The van der Waals surface area contributed by atoms with Gasteiger partial charge in [0, 0.05) is 30.2 Å². The Balaban J connectivity index is 1.97. The minimum atomic E-state index is -0.457. The van der Waals surface area contributed by atoms with Crippen molar-refractivity contribution in [2.75, 3.05) is 6.54 Å². The van der Waals surface area contributed by atoms with E-state index in [9.17, 15) is 4.79 Å². The highest BCUT2D eigenvalue weighted by Gasteiger charge is 2.34. The molecular formula is C17H28N2O3. The molecule has 0 spiro atoms. The van der Waals surface area contributed by atoms with E-state index in [0.717, 1.165) is 24.9 Å². The minimum absolute atomic E-state index is 0.109. The molecule has 124 valence electrons. The molecule has 0 bridgehead atoms. The van der Waals surface area contributed by atoms with Crippen molar-refractivity contribution < 1.29 is 13.9 Å². The van der Waals surface area contributed by atoms with Crippen LogP contribution in [0.5, 0.6) is 0 Å². The molecule has 1 saturated heterocycles. The van der Waals surface area contributed by atoms with Gasteiger partial charge in [-0.25, -0.2) is 4.79 Å². The monoisotopic (exact) mass is 308 g/mol. The lowest BCUT2D eigenvalue weighted by Crippen LogP contribution is -2.55. The molecule has 2 rings (SSSR count). The lowest BCUT2D eigenvalue weighted by molar-refractivity contribution is 0.00642. The predicted octanol–water partition coefficient (Wildman–Crippen LogP) is 3.72. The van der Waals surface area contributed by atoms with Crippen molar-refractivity contribution in [2.45, 2.75) is 71.2 Å². The molecule has 1 aliphatic rings. The van der Waals surface area contributed by atoms with E-state index in [1.807, 2.05) is 31.7 Å². The fourth-order valence-corrected chi connectivity index (χ4v) is 2.88. The van der Waals surface area contributed by atoms with Gasteiger partial charge in [0.1, 0.15) is 5.60 Å². The van der Waals surface area contributed by atoms with Crippen molar-refractivity contribution in [1.82, 2.24) is 10.2 Å². The van der Waals surface area contributed by atoms with Crippen molar-refractivity contribution in [2.24, 2.45) is 0 Å². The quantitative estimate of drug-likeness (QED) is 0.924. The lowest BCUT2D eigenvalue weighted by atomic mass is 9.96. The Kier molecular flexibility index (Phi) is 5.16. The van der Waals surface area contributed by atoms with Crippen molar-refractivity contribution in [3.8, 4) is 0 Å². The summed E-state index contributed by atoms with van der Waals surface area (Å²) in [6.45, 7) is 10.7. The van der Waals surface area contributed by atoms with Crippen molar-refractivity contribution in [1.29, 1.82) is 0 Å². The van der Waals surface area contributed by atoms with Gasteiger partial charge in [-0.1, -0.05) is 0 Å². The Bertz CT molecular complexity index is 479. The van der Waals surface area contributed by atoms with Crippen LogP contribution in [0.3, 0.4) is 0 Å². The van der Waals surface area contributed by atoms with E-state index in [1.165, 1.54) is 0 Å². The second-order valence-corrected chi connectivity index (χ2v) is 7.11. The van der Waals surface area contributed by atoms with Crippen molar-refractivity contribution >= 4 is 6.09 Å². The number of hydrogen-bond donors (Lipinski definition) is 1. The van der Waals surface area contributed by atoms with Crippen LogP contribution in [0.15, 0.2) is 23.0 Å². The van der Waals surface area contributed by atoms with Crippen LogP contribution in [0.4, 0.5) is 4.79 Å². The number of piperidine rings is 1. The molecule has 5 nitrogen and oxygen atoms in total. The van der Waals surface area contributed by atoms with Gasteiger partial charge in [0.2, 0.25) is 0 Å². The zero-order valence-electron chi connectivity index (χ0n) is 14.3. The van der Waals surface area contributed by atoms with E-state index in [1.54, 1.807) is 12.5 Å². The molecule has 3 atom stereocenters. The summed E-state index contributed by atoms with van der Waals surface area (Å²) >= 11 is 0. The molecule has 1 N–H and O–H groups in total. The summed E-state index contributed by atoms with van der Waals surface area (Å²) in [5.41, 5.74) is 0.669. The number of likely N-dealkylation sites (tertiary alicyclic amines) is 1. The van der Waals surface area contributed by atoms with E-state index in [2.05, 4.69) is 19.2 Å². The molecule has 0 aliphatic carbocycles. The number of hydrogen-bond acceptors (Lipinski definition) is 4. The number of nitrogens with one attached hydrogen (secondary N) is 1. The number of carbonyl (C=O) groups is 1. The van der Waals surface area contributed by atoms with E-state index < -0.39 is 5.60 Å². The molecule has 5 heteroatoms. The molecule has 1 aliphatic heterocycles. The van der Waals surface area contributed by atoms with Crippen LogP contribution in [-0.4, -0.2) is 35.2 Å². The van der Waals surface area contributed by atoms with Crippen LogP contribution >= 0.6 is 0 Å². The first-order chi connectivity index (χ1) is 10.3. The molecule has 0 radical (unpaired) electrons. The first-order valence-electron chi connectivity index (χ1n) is 8.05. The van der Waals surface area contributed by atoms with Gasteiger partial charge in [0.15, 0.2) is 0 Å². The average Bonchev–Trinajstić information content (AvgIpc) is 2.93. The summed E-state index contributed by atoms with van der Waals surface area (Å²) in [6, 6.07) is 2.53. The third-order valence-electron chi connectivity index (χ3n) is 4.12. The van der Waals surface area contributed by atoms with E-state index in [-0.39, 0.29) is 24.2 Å². The highest BCUT2D eigenvalue weighted by molar-refractivity contribution is 5.68. The molecule has 0 saturated carbocycles. The van der Waals surface area contributed by atoms with Crippen LogP contribution in [-0.2, 0) is 4.74 Å². The summed E-state index contributed by atoms with van der Waals surface area (Å²) in [7, 11) is 0. The third kappa shape index (κ3) is 4.26. The topological polar surface area (TPSA) is 54.7 Å².